The number of aryl methyl sites for hydroxylation is 1. The van der Waals surface area contributed by atoms with Crippen molar-refractivity contribution in [2.24, 2.45) is 23.2 Å². The van der Waals surface area contributed by atoms with Crippen LogP contribution in [-0.4, -0.2) is 54.7 Å². The largest absolute Gasteiger partial charge is 0.468 e. The summed E-state index contributed by atoms with van der Waals surface area (Å²) >= 11 is 0. The molecule has 4 aliphatic rings. The quantitative estimate of drug-likeness (QED) is 0.121. The molecule has 0 aliphatic heterocycles. The van der Waals surface area contributed by atoms with E-state index in [9.17, 15) is 48.7 Å². The van der Waals surface area contributed by atoms with E-state index in [1.54, 1.807) is 6.92 Å². The Morgan fingerprint density at radius 1 is 0.927 bits per heavy atom. The van der Waals surface area contributed by atoms with Crippen LogP contribution < -0.4 is 4.74 Å². The SMILES string of the molecule is Cc1ccc(OC(=O)C(OCCC(F)(F)C(F)(F)S(=O)(=O)O)(OC(=O)C23CC4CC(CC(C4)C2)C3)C(F)(F)F)cc1. The molecule has 0 spiro atoms. The fourth-order valence-corrected chi connectivity index (χ4v) is 6.90. The molecule has 4 bridgehead atoms. The molecule has 230 valence electrons. The molecule has 0 amide bonds. The standard InChI is InChI=1S/C25H27F7O8S/c1-14-2-4-18(5-3-14)39-20(34)23(24(28,29)30,38-7-6-22(26,27)25(31,32)41(35,36)37)40-19(33)21-11-15-8-16(12-21)10-17(9-15)13-21/h2-5,15-17H,6-13H2,1H3,(H,35,36,37). The average molecular weight is 621 g/mol. The van der Waals surface area contributed by atoms with Crippen molar-refractivity contribution < 1.29 is 67.5 Å². The number of hydrogen-bond donors (Lipinski definition) is 1. The first kappa shape index (κ1) is 31.5. The number of benzene rings is 1. The molecule has 5 rings (SSSR count). The van der Waals surface area contributed by atoms with Gasteiger partial charge in [-0.1, -0.05) is 17.7 Å². The van der Waals surface area contributed by atoms with E-state index in [0.29, 0.717) is 5.56 Å². The Bertz CT molecular complexity index is 1240. The number of rotatable bonds is 10. The van der Waals surface area contributed by atoms with Crippen LogP contribution in [0, 0.1) is 30.1 Å². The van der Waals surface area contributed by atoms with Crippen molar-refractivity contribution in [3.63, 3.8) is 0 Å². The van der Waals surface area contributed by atoms with Gasteiger partial charge in [0.1, 0.15) is 5.75 Å². The minimum Gasteiger partial charge on any atom is -0.421 e. The van der Waals surface area contributed by atoms with Crippen LogP contribution in [0.15, 0.2) is 24.3 Å². The Hall–Kier alpha value is -2.46. The molecule has 1 aromatic rings. The highest BCUT2D eigenvalue weighted by Crippen LogP contribution is 2.61. The van der Waals surface area contributed by atoms with Crippen molar-refractivity contribution in [2.75, 3.05) is 6.61 Å². The van der Waals surface area contributed by atoms with E-state index in [1.807, 2.05) is 0 Å². The second-order valence-corrected chi connectivity index (χ2v) is 12.7. The molecule has 1 unspecified atom stereocenters. The molecule has 1 aromatic carbocycles. The van der Waals surface area contributed by atoms with Crippen LogP contribution in [0.5, 0.6) is 5.75 Å². The highest BCUT2D eigenvalue weighted by atomic mass is 32.2. The molecule has 41 heavy (non-hydrogen) atoms. The molecule has 0 radical (unpaired) electrons. The third kappa shape index (κ3) is 5.78. The summed E-state index contributed by atoms with van der Waals surface area (Å²) in [6.07, 6.45) is -5.52. The van der Waals surface area contributed by atoms with Gasteiger partial charge < -0.3 is 14.2 Å². The third-order valence-corrected chi connectivity index (χ3v) is 9.00. The molecule has 0 heterocycles. The van der Waals surface area contributed by atoms with Gasteiger partial charge in [-0.15, -0.1) is 0 Å². The summed E-state index contributed by atoms with van der Waals surface area (Å²) in [4.78, 5) is 26.4. The van der Waals surface area contributed by atoms with Crippen LogP contribution in [0.3, 0.4) is 0 Å². The number of carbonyl (C=O) groups is 2. The smallest absolute Gasteiger partial charge is 0.421 e. The van der Waals surface area contributed by atoms with Crippen LogP contribution in [-0.2, 0) is 29.2 Å². The first-order valence-electron chi connectivity index (χ1n) is 12.7. The molecule has 1 atom stereocenters. The van der Waals surface area contributed by atoms with Crippen molar-refractivity contribution >= 4 is 22.1 Å². The second-order valence-electron chi connectivity index (χ2n) is 11.2. The molecule has 0 aromatic heterocycles. The van der Waals surface area contributed by atoms with Gasteiger partial charge in [-0.25, -0.2) is 4.79 Å². The number of esters is 2. The van der Waals surface area contributed by atoms with Gasteiger partial charge in [0.15, 0.2) is 0 Å². The molecular formula is C25H27F7O8S. The second kappa shape index (κ2) is 10.4. The molecule has 8 nitrogen and oxygen atoms in total. The lowest BCUT2D eigenvalue weighted by Crippen LogP contribution is -2.62. The van der Waals surface area contributed by atoms with Crippen LogP contribution >= 0.6 is 0 Å². The van der Waals surface area contributed by atoms with Crippen molar-refractivity contribution in [1.29, 1.82) is 0 Å². The van der Waals surface area contributed by atoms with Gasteiger partial charge >= 0.3 is 45.2 Å². The first-order valence-corrected chi connectivity index (χ1v) is 14.1. The summed E-state index contributed by atoms with van der Waals surface area (Å²) < 4.78 is 143. The number of halogens is 7. The Kier molecular flexibility index (Phi) is 7.96. The first-order chi connectivity index (χ1) is 18.7. The third-order valence-electron chi connectivity index (χ3n) is 8.05. The average Bonchev–Trinajstić information content (AvgIpc) is 2.82. The Morgan fingerprint density at radius 2 is 1.41 bits per heavy atom. The molecule has 4 fully saturated rings. The molecule has 0 saturated heterocycles. The van der Waals surface area contributed by atoms with Crippen LogP contribution in [0.4, 0.5) is 30.7 Å². The summed E-state index contributed by atoms with van der Waals surface area (Å²) in [5.41, 5.74) is -0.779. The van der Waals surface area contributed by atoms with Crippen LogP contribution in [0.25, 0.3) is 0 Å². The number of hydrogen-bond acceptors (Lipinski definition) is 7. The zero-order valence-corrected chi connectivity index (χ0v) is 22.4. The van der Waals surface area contributed by atoms with Gasteiger partial charge in [0.25, 0.3) is 0 Å². The normalized spacial score (nSPS) is 27.8. The lowest BCUT2D eigenvalue weighted by molar-refractivity contribution is -0.359. The Labute approximate surface area is 230 Å². The summed E-state index contributed by atoms with van der Waals surface area (Å²) in [6.45, 7) is -0.445. The minimum absolute atomic E-state index is 0.0378. The summed E-state index contributed by atoms with van der Waals surface area (Å²) in [7, 11) is -6.70. The van der Waals surface area contributed by atoms with Gasteiger partial charge in [-0.05, 0) is 75.3 Å². The lowest BCUT2D eigenvalue weighted by atomic mass is 9.49. The van der Waals surface area contributed by atoms with Gasteiger partial charge in [-0.3, -0.25) is 9.35 Å². The maximum Gasteiger partial charge on any atom is 0.468 e. The molecule has 1 N–H and O–H groups in total. The highest BCUT2D eigenvalue weighted by Gasteiger charge is 2.71. The van der Waals surface area contributed by atoms with Gasteiger partial charge in [0.2, 0.25) is 0 Å². The van der Waals surface area contributed by atoms with E-state index in [-0.39, 0.29) is 37.0 Å². The summed E-state index contributed by atoms with van der Waals surface area (Å²) in [5.74, 6) is -14.5. The number of carbonyl (C=O) groups excluding carboxylic acids is 2. The number of alkyl halides is 7. The monoisotopic (exact) mass is 620 g/mol. The molecule has 16 heteroatoms. The highest BCUT2D eigenvalue weighted by molar-refractivity contribution is 7.87. The fourth-order valence-electron chi connectivity index (χ4n) is 6.42. The zero-order chi connectivity index (χ0) is 30.6. The molecule has 4 saturated carbocycles. The fraction of sp³-hybridized carbons (Fsp3) is 0.680. The van der Waals surface area contributed by atoms with E-state index in [0.717, 1.165) is 31.4 Å². The summed E-state index contributed by atoms with van der Waals surface area (Å²) in [6, 6.07) is 4.91. The molecular weight excluding hydrogens is 593 g/mol. The van der Waals surface area contributed by atoms with Crippen molar-refractivity contribution in [3.05, 3.63) is 29.8 Å². The van der Waals surface area contributed by atoms with Crippen LogP contribution in [0.2, 0.25) is 0 Å². The van der Waals surface area contributed by atoms with E-state index in [2.05, 4.69) is 4.74 Å². The van der Waals surface area contributed by atoms with Gasteiger partial charge in [0, 0.05) is 6.42 Å². The van der Waals surface area contributed by atoms with E-state index in [1.165, 1.54) is 12.1 Å². The minimum atomic E-state index is -6.70. The summed E-state index contributed by atoms with van der Waals surface area (Å²) in [5, 5.41) is -6.11. The maximum absolute atomic E-state index is 14.6. The predicted octanol–water partition coefficient (Wildman–Crippen LogP) is 5.44. The Balaban J connectivity index is 1.66. The van der Waals surface area contributed by atoms with Gasteiger partial charge in [-0.2, -0.15) is 39.2 Å². The molecule has 4 aliphatic carbocycles. The van der Waals surface area contributed by atoms with Crippen LogP contribution in [0.1, 0.15) is 50.5 Å². The van der Waals surface area contributed by atoms with Crippen molar-refractivity contribution in [3.8, 4) is 5.75 Å². The maximum atomic E-state index is 14.6. The van der Waals surface area contributed by atoms with Gasteiger partial charge in [0.05, 0.1) is 12.0 Å². The lowest BCUT2D eigenvalue weighted by Gasteiger charge is -2.55. The number of ether oxygens (including phenoxy) is 3. The van der Waals surface area contributed by atoms with E-state index >= 15 is 0 Å². The van der Waals surface area contributed by atoms with E-state index in [4.69, 9.17) is 14.0 Å². The topological polar surface area (TPSA) is 116 Å². The Morgan fingerprint density at radius 3 is 1.85 bits per heavy atom. The zero-order valence-electron chi connectivity index (χ0n) is 21.6. The predicted molar refractivity (Wildman–Crippen MR) is 124 cm³/mol. The van der Waals surface area contributed by atoms with E-state index < -0.39 is 69.4 Å². The van der Waals surface area contributed by atoms with Crippen molar-refractivity contribution in [2.45, 2.75) is 75.0 Å². The van der Waals surface area contributed by atoms with Crippen molar-refractivity contribution in [1.82, 2.24) is 0 Å².